The van der Waals surface area contributed by atoms with Crippen LogP contribution in [0.4, 0.5) is 15.9 Å². The number of hydrogen-bond acceptors (Lipinski definition) is 4. The van der Waals surface area contributed by atoms with Gasteiger partial charge in [-0.05, 0) is 72.3 Å². The molecule has 2 heterocycles. The van der Waals surface area contributed by atoms with Crippen LogP contribution in [0.2, 0.25) is 0 Å². The largest absolute Gasteiger partial charge is 0.382 e. The molecule has 29 heavy (non-hydrogen) atoms. The van der Waals surface area contributed by atoms with Gasteiger partial charge in [-0.15, -0.1) is 0 Å². The zero-order chi connectivity index (χ0) is 20.5. The minimum Gasteiger partial charge on any atom is -0.382 e. The summed E-state index contributed by atoms with van der Waals surface area (Å²) in [6.07, 6.45) is 1.77. The summed E-state index contributed by atoms with van der Waals surface area (Å²) in [4.78, 5) is 5.43. The smallest absolute Gasteiger partial charge is 0.160 e. The van der Waals surface area contributed by atoms with Crippen LogP contribution in [0.15, 0.2) is 59.6 Å². The molecule has 4 aromatic rings. The third-order valence-corrected chi connectivity index (χ3v) is 6.48. The van der Waals surface area contributed by atoms with Gasteiger partial charge in [0.2, 0.25) is 0 Å². The maximum Gasteiger partial charge on any atom is 0.160 e. The lowest BCUT2D eigenvalue weighted by molar-refractivity contribution is 0.617. The van der Waals surface area contributed by atoms with Crippen molar-refractivity contribution < 1.29 is 4.39 Å². The van der Waals surface area contributed by atoms with E-state index in [0.29, 0.717) is 11.4 Å². The fourth-order valence-electron chi connectivity index (χ4n) is 3.30. The van der Waals surface area contributed by atoms with Gasteiger partial charge in [-0.3, -0.25) is 0 Å². The van der Waals surface area contributed by atoms with Gasteiger partial charge in [0.05, 0.1) is 5.39 Å². The molecule has 0 radical (unpaired) electrons. The number of anilines is 2. The molecule has 0 fully saturated rings. The lowest BCUT2D eigenvalue weighted by Gasteiger charge is -2.14. The zero-order valence-corrected chi connectivity index (χ0v) is 17.3. The second-order valence-corrected chi connectivity index (χ2v) is 8.55. The number of aromatic nitrogens is 3. The monoisotopic (exact) mass is 407 g/mol. The molecule has 0 spiro atoms. The van der Waals surface area contributed by atoms with Gasteiger partial charge >= 0.3 is 0 Å². The quantitative estimate of drug-likeness (QED) is 0.460. The summed E-state index contributed by atoms with van der Waals surface area (Å²) >= 11 is 0. The third kappa shape index (κ3) is 3.61. The Kier molecular flexibility index (Phi) is 5.07. The Morgan fingerprint density at radius 1 is 1.14 bits per heavy atom. The van der Waals surface area contributed by atoms with Crippen LogP contribution in [0.3, 0.4) is 0 Å². The molecule has 0 aliphatic carbocycles. The number of pyridine rings is 1. The van der Waals surface area contributed by atoms with Crippen molar-refractivity contribution in [3.8, 4) is 11.1 Å². The first-order valence-corrected chi connectivity index (χ1v) is 10.5. The average Bonchev–Trinajstić information content (AvgIpc) is 3.03. The minimum atomic E-state index is -0.323. The normalized spacial score (nSPS) is 12.4. The van der Waals surface area contributed by atoms with Crippen LogP contribution in [0.1, 0.15) is 12.5 Å². The Morgan fingerprint density at radius 2 is 1.90 bits per heavy atom. The van der Waals surface area contributed by atoms with Crippen molar-refractivity contribution in [3.63, 3.8) is 0 Å². The van der Waals surface area contributed by atoms with Crippen LogP contribution >= 0.6 is 10.7 Å². The van der Waals surface area contributed by atoms with E-state index < -0.39 is 0 Å². The SMILES string of the molecule is C/C=S(/Nc1ccc(-c2ccnc3c2c(N)nn3C)cc1)c1ccc(F)c(C)c1. The first-order valence-electron chi connectivity index (χ1n) is 9.21. The number of hydrogen-bond donors (Lipinski definition) is 2. The molecule has 0 aliphatic rings. The van der Waals surface area contributed by atoms with E-state index >= 15 is 0 Å². The second kappa shape index (κ2) is 7.67. The molecule has 148 valence electrons. The number of nitrogens with zero attached hydrogens (tertiary/aromatic N) is 3. The molecule has 0 amide bonds. The van der Waals surface area contributed by atoms with Gasteiger partial charge in [-0.1, -0.05) is 22.8 Å². The highest BCUT2D eigenvalue weighted by Gasteiger charge is 2.13. The second-order valence-electron chi connectivity index (χ2n) is 6.73. The van der Waals surface area contributed by atoms with Gasteiger partial charge in [-0.2, -0.15) is 5.10 Å². The molecule has 0 bridgehead atoms. The molecular formula is C22H22FN5S. The van der Waals surface area contributed by atoms with Crippen LogP contribution in [-0.2, 0) is 7.05 Å². The van der Waals surface area contributed by atoms with Crippen LogP contribution in [0.5, 0.6) is 0 Å². The standard InChI is InChI=1S/C22H22FN5S/c1-4-29(17-9-10-19(23)14(2)13-17)27-16-7-5-15(6-8-16)18-11-12-25-22-20(18)21(24)26-28(22)3/h4-13,27H,1-3H3,(H2,24,26). The topological polar surface area (TPSA) is 68.8 Å². The van der Waals surface area contributed by atoms with E-state index in [0.717, 1.165) is 32.7 Å². The molecule has 1 unspecified atom stereocenters. The zero-order valence-electron chi connectivity index (χ0n) is 16.5. The highest BCUT2D eigenvalue weighted by atomic mass is 32.2. The van der Waals surface area contributed by atoms with E-state index in [9.17, 15) is 4.39 Å². The molecular weight excluding hydrogens is 385 g/mol. The van der Waals surface area contributed by atoms with Crippen LogP contribution < -0.4 is 10.5 Å². The van der Waals surface area contributed by atoms with Crippen molar-refractivity contribution >= 4 is 38.6 Å². The first kappa shape index (κ1) is 19.1. The van der Waals surface area contributed by atoms with E-state index in [1.807, 2.05) is 44.3 Å². The Hall–Kier alpha value is -3.19. The summed E-state index contributed by atoms with van der Waals surface area (Å²) in [6, 6.07) is 15.4. The van der Waals surface area contributed by atoms with E-state index in [-0.39, 0.29) is 16.5 Å². The Balaban J connectivity index is 1.64. The number of aryl methyl sites for hydroxylation is 2. The minimum absolute atomic E-state index is 0.184. The fraction of sp³-hybridized carbons (Fsp3) is 0.136. The highest BCUT2D eigenvalue weighted by molar-refractivity contribution is 8.16. The van der Waals surface area contributed by atoms with Crippen molar-refractivity contribution in [2.75, 3.05) is 10.5 Å². The maximum absolute atomic E-state index is 13.6. The van der Waals surface area contributed by atoms with E-state index in [4.69, 9.17) is 5.73 Å². The first-order chi connectivity index (χ1) is 14.0. The van der Waals surface area contributed by atoms with Gasteiger partial charge in [0, 0.05) is 23.8 Å². The number of rotatable bonds is 4. The highest BCUT2D eigenvalue weighted by Crippen LogP contribution is 2.33. The van der Waals surface area contributed by atoms with Gasteiger partial charge in [0.15, 0.2) is 11.5 Å². The number of benzene rings is 2. The van der Waals surface area contributed by atoms with Crippen molar-refractivity contribution in [1.82, 2.24) is 14.8 Å². The van der Waals surface area contributed by atoms with Crippen molar-refractivity contribution in [3.05, 3.63) is 66.1 Å². The number of nitrogens with two attached hydrogens (primary N) is 1. The Labute approximate surface area is 171 Å². The summed E-state index contributed by atoms with van der Waals surface area (Å²) in [5.41, 5.74) is 10.5. The predicted octanol–water partition coefficient (Wildman–Crippen LogP) is 5.14. The van der Waals surface area contributed by atoms with Gasteiger partial charge in [0.1, 0.15) is 5.82 Å². The van der Waals surface area contributed by atoms with E-state index in [2.05, 4.69) is 32.3 Å². The predicted molar refractivity (Wildman–Crippen MR) is 121 cm³/mol. The average molecular weight is 408 g/mol. The van der Waals surface area contributed by atoms with Gasteiger partial charge < -0.3 is 10.5 Å². The number of nitrogen functional groups attached to an aromatic ring is 1. The van der Waals surface area contributed by atoms with Crippen LogP contribution in [0.25, 0.3) is 22.2 Å². The molecule has 0 saturated carbocycles. The van der Waals surface area contributed by atoms with Crippen molar-refractivity contribution in [2.24, 2.45) is 7.05 Å². The van der Waals surface area contributed by atoms with Crippen LogP contribution in [-0.4, -0.2) is 20.1 Å². The molecule has 7 heteroatoms. The van der Waals surface area contributed by atoms with E-state index in [1.54, 1.807) is 17.8 Å². The molecule has 4 rings (SSSR count). The number of nitrogens with one attached hydrogen (secondary N) is 1. The van der Waals surface area contributed by atoms with Crippen LogP contribution in [0, 0.1) is 12.7 Å². The third-order valence-electron chi connectivity index (χ3n) is 4.79. The summed E-state index contributed by atoms with van der Waals surface area (Å²) in [5.74, 6) is 0.290. The lowest BCUT2D eigenvalue weighted by atomic mass is 10.0. The molecule has 5 nitrogen and oxygen atoms in total. The Bertz CT molecular complexity index is 1230. The van der Waals surface area contributed by atoms with Gasteiger partial charge in [0.25, 0.3) is 0 Å². The molecule has 2 aromatic heterocycles. The molecule has 3 N–H and O–H groups in total. The van der Waals surface area contributed by atoms with Crippen molar-refractivity contribution in [2.45, 2.75) is 18.7 Å². The molecule has 1 atom stereocenters. The van der Waals surface area contributed by atoms with Gasteiger partial charge in [-0.25, -0.2) is 14.1 Å². The summed E-state index contributed by atoms with van der Waals surface area (Å²) in [6.45, 7) is 3.78. The molecule has 0 saturated heterocycles. The summed E-state index contributed by atoms with van der Waals surface area (Å²) in [5, 5.41) is 7.23. The van der Waals surface area contributed by atoms with E-state index in [1.165, 1.54) is 6.07 Å². The fourth-order valence-corrected chi connectivity index (χ4v) is 4.72. The molecule has 0 aliphatic heterocycles. The summed E-state index contributed by atoms with van der Waals surface area (Å²) in [7, 11) is 1.51. The Morgan fingerprint density at radius 3 is 2.59 bits per heavy atom. The lowest BCUT2D eigenvalue weighted by Crippen LogP contribution is -1.94. The van der Waals surface area contributed by atoms with Crippen molar-refractivity contribution in [1.29, 1.82) is 0 Å². The molecule has 2 aromatic carbocycles. The maximum atomic E-state index is 13.6. The number of fused-ring (bicyclic) bond motifs is 1. The summed E-state index contributed by atoms with van der Waals surface area (Å²) < 4.78 is 18.8. The number of halogens is 1.